The predicted molar refractivity (Wildman–Crippen MR) is 90.3 cm³/mol. The molecule has 2 aliphatic rings. The van der Waals surface area contributed by atoms with E-state index in [4.69, 9.17) is 0 Å². The van der Waals surface area contributed by atoms with E-state index < -0.39 is 0 Å². The van der Waals surface area contributed by atoms with Crippen molar-refractivity contribution in [2.75, 3.05) is 11.4 Å². The first-order chi connectivity index (χ1) is 11.1. The van der Waals surface area contributed by atoms with Gasteiger partial charge < -0.3 is 15.1 Å². The SMILES string of the molecule is C[C@@H]1CCC[C@H](C)N1C(=O)N[C@@H]1CC(=O)N(c2ccccc2)C1. The molecule has 5 heteroatoms. The Hall–Kier alpha value is -2.04. The number of carbonyl (C=O) groups excluding carboxylic acids is 2. The molecule has 3 atom stereocenters. The van der Waals surface area contributed by atoms with E-state index in [-0.39, 0.29) is 30.1 Å². The first kappa shape index (κ1) is 15.8. The fourth-order valence-corrected chi connectivity index (χ4v) is 3.73. The number of nitrogens with zero attached hydrogens (tertiary/aromatic N) is 2. The second-order valence-electron chi connectivity index (χ2n) is 6.73. The van der Waals surface area contributed by atoms with Crippen molar-refractivity contribution < 1.29 is 9.59 Å². The summed E-state index contributed by atoms with van der Waals surface area (Å²) in [7, 11) is 0. The van der Waals surface area contributed by atoms with Crippen LogP contribution in [0.15, 0.2) is 30.3 Å². The number of amides is 3. The van der Waals surface area contributed by atoms with Crippen LogP contribution >= 0.6 is 0 Å². The number of hydrogen-bond acceptors (Lipinski definition) is 2. The van der Waals surface area contributed by atoms with E-state index in [1.807, 2.05) is 35.2 Å². The van der Waals surface area contributed by atoms with Gasteiger partial charge in [0.25, 0.3) is 0 Å². The Labute approximate surface area is 137 Å². The summed E-state index contributed by atoms with van der Waals surface area (Å²) in [5.41, 5.74) is 0.897. The van der Waals surface area contributed by atoms with Gasteiger partial charge in [-0.3, -0.25) is 4.79 Å². The summed E-state index contributed by atoms with van der Waals surface area (Å²) in [6.07, 6.45) is 3.65. The number of piperidine rings is 1. The van der Waals surface area contributed by atoms with Gasteiger partial charge in [0, 0.05) is 30.7 Å². The van der Waals surface area contributed by atoms with Crippen LogP contribution in [0.25, 0.3) is 0 Å². The Bertz CT molecular complexity index is 565. The number of likely N-dealkylation sites (tertiary alicyclic amines) is 1. The Kier molecular flexibility index (Phi) is 4.55. The maximum Gasteiger partial charge on any atom is 0.318 e. The highest BCUT2D eigenvalue weighted by Crippen LogP contribution is 2.24. The number of anilines is 1. The zero-order valence-corrected chi connectivity index (χ0v) is 13.9. The van der Waals surface area contributed by atoms with Crippen LogP contribution in [0, 0.1) is 0 Å². The number of urea groups is 1. The predicted octanol–water partition coefficient (Wildman–Crippen LogP) is 2.76. The normalized spacial score (nSPS) is 28.1. The molecule has 1 aromatic carbocycles. The largest absolute Gasteiger partial charge is 0.333 e. The Balaban J connectivity index is 1.63. The third-order valence-electron chi connectivity index (χ3n) is 4.95. The van der Waals surface area contributed by atoms with Gasteiger partial charge in [-0.15, -0.1) is 0 Å². The van der Waals surface area contributed by atoms with Crippen LogP contribution in [0.3, 0.4) is 0 Å². The third kappa shape index (κ3) is 3.33. The number of carbonyl (C=O) groups is 2. The molecule has 0 bridgehead atoms. The molecule has 0 aliphatic carbocycles. The molecule has 1 aromatic rings. The molecule has 124 valence electrons. The molecule has 0 aromatic heterocycles. The molecular formula is C18H25N3O2. The van der Waals surface area contributed by atoms with E-state index in [0.29, 0.717) is 13.0 Å². The van der Waals surface area contributed by atoms with Crippen LogP contribution in [-0.2, 0) is 4.79 Å². The summed E-state index contributed by atoms with van der Waals surface area (Å²) >= 11 is 0. The first-order valence-electron chi connectivity index (χ1n) is 8.50. The van der Waals surface area contributed by atoms with Gasteiger partial charge in [0.05, 0.1) is 6.04 Å². The molecule has 0 radical (unpaired) electrons. The molecule has 23 heavy (non-hydrogen) atoms. The first-order valence-corrected chi connectivity index (χ1v) is 8.50. The smallest absolute Gasteiger partial charge is 0.318 e. The Morgan fingerprint density at radius 1 is 1.13 bits per heavy atom. The van der Waals surface area contributed by atoms with Crippen molar-refractivity contribution in [1.82, 2.24) is 10.2 Å². The van der Waals surface area contributed by atoms with Crippen molar-refractivity contribution in [3.8, 4) is 0 Å². The molecule has 2 aliphatic heterocycles. The van der Waals surface area contributed by atoms with E-state index >= 15 is 0 Å². The second kappa shape index (κ2) is 6.60. The molecule has 5 nitrogen and oxygen atoms in total. The lowest BCUT2D eigenvalue weighted by atomic mass is 9.98. The number of rotatable bonds is 2. The van der Waals surface area contributed by atoms with Crippen LogP contribution in [-0.4, -0.2) is 41.5 Å². The minimum Gasteiger partial charge on any atom is -0.333 e. The fourth-order valence-electron chi connectivity index (χ4n) is 3.73. The van der Waals surface area contributed by atoms with Crippen LogP contribution in [0.4, 0.5) is 10.5 Å². The van der Waals surface area contributed by atoms with Crippen LogP contribution in [0.5, 0.6) is 0 Å². The molecule has 2 saturated heterocycles. The van der Waals surface area contributed by atoms with E-state index in [1.165, 1.54) is 6.42 Å². The van der Waals surface area contributed by atoms with Crippen LogP contribution in [0.1, 0.15) is 39.5 Å². The van der Waals surface area contributed by atoms with Crippen molar-refractivity contribution in [2.45, 2.75) is 57.7 Å². The van der Waals surface area contributed by atoms with Gasteiger partial charge in [0.15, 0.2) is 0 Å². The van der Waals surface area contributed by atoms with Crippen molar-refractivity contribution in [1.29, 1.82) is 0 Å². The highest BCUT2D eigenvalue weighted by atomic mass is 16.2. The van der Waals surface area contributed by atoms with Crippen molar-refractivity contribution in [3.63, 3.8) is 0 Å². The van der Waals surface area contributed by atoms with Crippen molar-refractivity contribution in [2.24, 2.45) is 0 Å². The van der Waals surface area contributed by atoms with Gasteiger partial charge in [-0.25, -0.2) is 4.79 Å². The molecule has 0 spiro atoms. The minimum absolute atomic E-state index is 0.0302. The second-order valence-corrected chi connectivity index (χ2v) is 6.73. The Morgan fingerprint density at radius 3 is 2.43 bits per heavy atom. The lowest BCUT2D eigenvalue weighted by Crippen LogP contribution is -2.54. The topological polar surface area (TPSA) is 52.7 Å². The molecule has 0 unspecified atom stereocenters. The molecular weight excluding hydrogens is 290 g/mol. The summed E-state index contributed by atoms with van der Waals surface area (Å²) in [5.74, 6) is 0.0706. The Morgan fingerprint density at radius 2 is 1.78 bits per heavy atom. The zero-order chi connectivity index (χ0) is 16.4. The number of nitrogens with one attached hydrogen (secondary N) is 1. The summed E-state index contributed by atoms with van der Waals surface area (Å²) in [6, 6.07) is 10.0. The maximum absolute atomic E-state index is 12.6. The summed E-state index contributed by atoms with van der Waals surface area (Å²) in [4.78, 5) is 28.5. The number of para-hydroxylation sites is 1. The van der Waals surface area contributed by atoms with Gasteiger partial charge in [-0.2, -0.15) is 0 Å². The van der Waals surface area contributed by atoms with Gasteiger partial charge in [0.1, 0.15) is 0 Å². The average Bonchev–Trinajstić information content (AvgIpc) is 2.88. The average molecular weight is 315 g/mol. The quantitative estimate of drug-likeness (QED) is 0.912. The minimum atomic E-state index is -0.114. The summed E-state index contributed by atoms with van der Waals surface area (Å²) < 4.78 is 0. The monoisotopic (exact) mass is 315 g/mol. The molecule has 1 N–H and O–H groups in total. The molecule has 3 rings (SSSR count). The highest BCUT2D eigenvalue weighted by Gasteiger charge is 2.35. The lowest BCUT2D eigenvalue weighted by molar-refractivity contribution is -0.117. The molecule has 0 saturated carbocycles. The molecule has 2 fully saturated rings. The number of hydrogen-bond donors (Lipinski definition) is 1. The number of benzene rings is 1. The highest BCUT2D eigenvalue weighted by molar-refractivity contribution is 5.96. The zero-order valence-electron chi connectivity index (χ0n) is 13.9. The van der Waals surface area contributed by atoms with Gasteiger partial charge in [0.2, 0.25) is 5.91 Å². The fraction of sp³-hybridized carbons (Fsp3) is 0.556. The maximum atomic E-state index is 12.6. The third-order valence-corrected chi connectivity index (χ3v) is 4.95. The van der Waals surface area contributed by atoms with Crippen molar-refractivity contribution in [3.05, 3.63) is 30.3 Å². The van der Waals surface area contributed by atoms with Gasteiger partial charge in [-0.1, -0.05) is 18.2 Å². The molecule has 2 heterocycles. The van der Waals surface area contributed by atoms with Crippen LogP contribution < -0.4 is 10.2 Å². The summed E-state index contributed by atoms with van der Waals surface area (Å²) in [6.45, 7) is 4.75. The van der Waals surface area contributed by atoms with E-state index in [1.54, 1.807) is 4.90 Å². The lowest BCUT2D eigenvalue weighted by Gasteiger charge is -2.39. The van der Waals surface area contributed by atoms with E-state index in [9.17, 15) is 9.59 Å². The summed E-state index contributed by atoms with van der Waals surface area (Å²) in [5, 5.41) is 3.06. The standard InChI is InChI=1S/C18H25N3O2/c1-13-7-6-8-14(2)21(13)18(23)19-15-11-17(22)20(12-15)16-9-4-3-5-10-16/h3-5,9-10,13-15H,6-8,11-12H2,1-2H3,(H,19,23)/t13-,14+,15-/m1/s1. The van der Waals surface area contributed by atoms with E-state index in [2.05, 4.69) is 19.2 Å². The van der Waals surface area contributed by atoms with E-state index in [0.717, 1.165) is 18.5 Å². The van der Waals surface area contributed by atoms with Crippen molar-refractivity contribution >= 4 is 17.6 Å². The van der Waals surface area contributed by atoms with Gasteiger partial charge >= 0.3 is 6.03 Å². The van der Waals surface area contributed by atoms with Gasteiger partial charge in [-0.05, 0) is 45.2 Å². The van der Waals surface area contributed by atoms with Crippen LogP contribution in [0.2, 0.25) is 0 Å². The molecule has 3 amide bonds.